The molecule has 0 radical (unpaired) electrons. The van der Waals surface area contributed by atoms with Gasteiger partial charge in [-0.3, -0.25) is 14.4 Å². The van der Waals surface area contributed by atoms with E-state index in [1.54, 1.807) is 25.2 Å². The number of carbonyl (C=O) groups is 3. The van der Waals surface area contributed by atoms with Gasteiger partial charge in [-0.25, -0.2) is 4.79 Å². The Morgan fingerprint density at radius 1 is 1.09 bits per heavy atom. The molecule has 2 amide bonds. The number of carboxylic acid groups (broad SMARTS) is 1. The van der Waals surface area contributed by atoms with Crippen molar-refractivity contribution in [2.75, 3.05) is 41.0 Å². The minimum atomic E-state index is -1.12. The molecule has 4 aliphatic rings. The number of hydroxylamine groups is 2. The summed E-state index contributed by atoms with van der Waals surface area (Å²) in [6, 6.07) is 12.3. The number of aliphatic hydroxyl groups is 1. The molecule has 3 saturated carbocycles. The number of carboxylic acids is 1. The van der Waals surface area contributed by atoms with E-state index in [-0.39, 0.29) is 42.5 Å². The zero-order valence-corrected chi connectivity index (χ0v) is 33.5. The summed E-state index contributed by atoms with van der Waals surface area (Å²) in [5.41, 5.74) is 3.08. The third-order valence-electron chi connectivity index (χ3n) is 12.1. The second kappa shape index (κ2) is 17.5. The molecule has 4 N–H and O–H groups in total. The smallest absolute Gasteiger partial charge is 0.329 e. The van der Waals surface area contributed by atoms with E-state index in [0.717, 1.165) is 36.1 Å². The largest absolute Gasteiger partial charge is 0.496 e. The number of aliphatic hydroxyl groups excluding tert-OH is 1. The van der Waals surface area contributed by atoms with E-state index < -0.39 is 36.7 Å². The number of benzene rings is 2. The number of ether oxygens (including phenoxy) is 2. The summed E-state index contributed by atoms with van der Waals surface area (Å²) in [4.78, 5) is 47.6. The van der Waals surface area contributed by atoms with E-state index in [4.69, 9.17) is 14.3 Å². The summed E-state index contributed by atoms with van der Waals surface area (Å²) < 4.78 is 11.5. The van der Waals surface area contributed by atoms with Crippen LogP contribution in [0.4, 0.5) is 0 Å². The van der Waals surface area contributed by atoms with Crippen LogP contribution in [0.5, 0.6) is 5.75 Å². The van der Waals surface area contributed by atoms with Gasteiger partial charge in [0, 0.05) is 41.2 Å². The molecule has 3 aliphatic carbocycles. The fourth-order valence-corrected chi connectivity index (χ4v) is 9.36. The van der Waals surface area contributed by atoms with E-state index >= 15 is 0 Å². The molecule has 9 atom stereocenters. The molecule has 1 aliphatic heterocycles. The quantitative estimate of drug-likeness (QED) is 0.177. The fraction of sp³-hybridized carbons (Fsp3) is 0.643. The molecule has 1 saturated heterocycles. The van der Waals surface area contributed by atoms with E-state index in [1.807, 2.05) is 50.5 Å². The first-order valence-electron chi connectivity index (χ1n) is 19.4. The summed E-state index contributed by atoms with van der Waals surface area (Å²) in [6.07, 6.45) is 1.21. The highest BCUT2D eigenvalue weighted by molar-refractivity contribution is 5.96. The van der Waals surface area contributed by atoms with Gasteiger partial charge in [0.1, 0.15) is 24.5 Å². The van der Waals surface area contributed by atoms with Gasteiger partial charge in [-0.1, -0.05) is 65.0 Å². The number of methoxy groups -OCH3 is 1. The molecule has 1 heterocycles. The number of aliphatic carboxylic acids is 1. The lowest BCUT2D eigenvalue weighted by Gasteiger charge is -2.62. The third-order valence-corrected chi connectivity index (χ3v) is 12.1. The van der Waals surface area contributed by atoms with Gasteiger partial charge in [0.15, 0.2) is 0 Å². The van der Waals surface area contributed by atoms with Crippen molar-refractivity contribution in [1.29, 1.82) is 0 Å². The number of likely N-dealkylation sites (N-methyl/N-ethyl adjacent to an activating group) is 1. The molecule has 12 heteroatoms. The van der Waals surface area contributed by atoms with Crippen LogP contribution in [-0.4, -0.2) is 109 Å². The first-order chi connectivity index (χ1) is 25.5. The highest BCUT2D eigenvalue weighted by Gasteiger charge is 2.57. The molecule has 0 aromatic heterocycles. The van der Waals surface area contributed by atoms with Gasteiger partial charge >= 0.3 is 5.97 Å². The van der Waals surface area contributed by atoms with Gasteiger partial charge in [-0.05, 0) is 87.1 Å². The zero-order chi connectivity index (χ0) is 39.5. The topological polar surface area (TPSA) is 150 Å². The van der Waals surface area contributed by atoms with E-state index in [0.29, 0.717) is 35.0 Å². The van der Waals surface area contributed by atoms with Crippen molar-refractivity contribution >= 4 is 17.8 Å². The maximum atomic E-state index is 14.4. The molecule has 54 heavy (non-hydrogen) atoms. The molecule has 0 spiro atoms. The Labute approximate surface area is 320 Å². The van der Waals surface area contributed by atoms with E-state index in [2.05, 4.69) is 50.2 Å². The van der Waals surface area contributed by atoms with Crippen LogP contribution in [0, 0.1) is 35.0 Å². The van der Waals surface area contributed by atoms with Gasteiger partial charge in [-0.2, -0.15) is 5.06 Å². The Bertz CT molecular complexity index is 1620. The SMILES string of the molecule is COc1c(CN2O[C@@H](COCC(=O)O)[C@H]([C@H](C)O)[C@@H]2C(=O)N[C@H]2C[C@H]3C[C@@H]([C@@H]2C)C3(C)C)cccc1-c1cccc(C(=O)N[C@H](CC(C)C)CN(C)C)c1. The maximum absolute atomic E-state index is 14.4. The van der Waals surface area contributed by atoms with Crippen LogP contribution in [0.2, 0.25) is 0 Å². The Hall–Kier alpha value is -3.55. The van der Waals surface area contributed by atoms with Crippen molar-refractivity contribution in [2.24, 2.45) is 35.0 Å². The van der Waals surface area contributed by atoms with Crippen molar-refractivity contribution in [3.63, 3.8) is 0 Å². The molecule has 298 valence electrons. The lowest BCUT2D eigenvalue weighted by molar-refractivity contribution is -0.187. The van der Waals surface area contributed by atoms with E-state index in [9.17, 15) is 24.6 Å². The average Bonchev–Trinajstić information content (AvgIpc) is 3.46. The van der Waals surface area contributed by atoms with Crippen molar-refractivity contribution in [1.82, 2.24) is 20.6 Å². The standard InChI is InChI=1S/C42H62N4O8/c1-24(2)16-31(21-45(7)8)43-40(50)28-13-10-12-27(17-28)32-15-11-14-29(39(32)52-9)20-46-38(37(26(4)47)35(54-46)22-53-23-36(48)49)41(51)44-34-19-30-18-33(25(34)3)42(30,5)6/h10-15,17,24-26,30-31,33-35,37-38,47H,16,18-23H2,1-9H3,(H,43,50)(H,44,51)(H,48,49)/t25-,26-,30+,31+,33-,34-,35-,37-,38+/m0/s1. The monoisotopic (exact) mass is 750 g/mol. The molecule has 4 fully saturated rings. The molecule has 2 bridgehead atoms. The molecule has 2 aromatic carbocycles. The number of rotatable bonds is 17. The predicted octanol–water partition coefficient (Wildman–Crippen LogP) is 4.84. The average molecular weight is 751 g/mol. The first-order valence-corrected chi connectivity index (χ1v) is 19.4. The van der Waals surface area contributed by atoms with Crippen LogP contribution in [0.3, 0.4) is 0 Å². The molecule has 0 unspecified atom stereocenters. The molecule has 12 nitrogen and oxygen atoms in total. The Balaban J connectivity index is 1.41. The Kier molecular flexibility index (Phi) is 13.5. The van der Waals surface area contributed by atoms with Gasteiger partial charge in [0.25, 0.3) is 5.91 Å². The highest BCUT2D eigenvalue weighted by Crippen LogP contribution is 2.61. The summed E-state index contributed by atoms with van der Waals surface area (Å²) >= 11 is 0. The van der Waals surface area contributed by atoms with Gasteiger partial charge in [0.2, 0.25) is 5.91 Å². The van der Waals surface area contributed by atoms with Crippen LogP contribution >= 0.6 is 0 Å². The fourth-order valence-electron chi connectivity index (χ4n) is 9.36. The molecule has 2 aromatic rings. The predicted molar refractivity (Wildman–Crippen MR) is 207 cm³/mol. The van der Waals surface area contributed by atoms with Gasteiger partial charge in [-0.15, -0.1) is 0 Å². The number of amides is 2. The number of hydrogen-bond donors (Lipinski definition) is 4. The lowest BCUT2D eigenvalue weighted by Crippen LogP contribution is -2.62. The molecular weight excluding hydrogens is 688 g/mol. The number of carbonyl (C=O) groups excluding carboxylic acids is 2. The number of nitrogens with zero attached hydrogens (tertiary/aromatic N) is 2. The van der Waals surface area contributed by atoms with Crippen LogP contribution in [-0.2, 0) is 25.7 Å². The first kappa shape index (κ1) is 41.6. The number of para-hydroxylation sites is 1. The van der Waals surface area contributed by atoms with Gasteiger partial charge < -0.3 is 35.2 Å². The van der Waals surface area contributed by atoms with Crippen LogP contribution < -0.4 is 15.4 Å². The summed E-state index contributed by atoms with van der Waals surface area (Å²) in [5.74, 6) is 0.157. The van der Waals surface area contributed by atoms with Crippen LogP contribution in [0.1, 0.15) is 76.7 Å². The minimum Gasteiger partial charge on any atom is -0.496 e. The normalized spacial score (nSPS) is 27.3. The zero-order valence-electron chi connectivity index (χ0n) is 33.5. The van der Waals surface area contributed by atoms with Crippen molar-refractivity contribution in [2.45, 2.75) is 97.7 Å². The Morgan fingerprint density at radius 2 is 1.81 bits per heavy atom. The summed E-state index contributed by atoms with van der Waals surface area (Å²) in [5, 5.41) is 28.5. The minimum absolute atomic E-state index is 0.000964. The molecule has 6 rings (SSSR count). The number of nitrogens with one attached hydrogen (secondary N) is 2. The summed E-state index contributed by atoms with van der Waals surface area (Å²) in [6.45, 7) is 13.0. The van der Waals surface area contributed by atoms with Crippen molar-refractivity contribution in [3.05, 3.63) is 53.6 Å². The maximum Gasteiger partial charge on any atom is 0.329 e. The second-order valence-corrected chi connectivity index (χ2v) is 17.1. The number of fused-ring (bicyclic) bond motifs is 2. The second-order valence-electron chi connectivity index (χ2n) is 17.1. The third kappa shape index (κ3) is 9.27. The van der Waals surface area contributed by atoms with Gasteiger partial charge in [0.05, 0.1) is 26.4 Å². The lowest BCUT2D eigenvalue weighted by atomic mass is 9.45. The molecular formula is C42H62N4O8. The van der Waals surface area contributed by atoms with Crippen molar-refractivity contribution in [3.8, 4) is 16.9 Å². The van der Waals surface area contributed by atoms with Crippen molar-refractivity contribution < 1.29 is 38.9 Å². The number of hydrogen-bond acceptors (Lipinski definition) is 9. The van der Waals surface area contributed by atoms with E-state index in [1.165, 1.54) is 6.42 Å². The Morgan fingerprint density at radius 3 is 2.43 bits per heavy atom. The van der Waals surface area contributed by atoms with Crippen LogP contribution in [0.15, 0.2) is 42.5 Å². The van der Waals surface area contributed by atoms with Crippen LogP contribution in [0.25, 0.3) is 11.1 Å². The highest BCUT2D eigenvalue weighted by atomic mass is 16.7. The summed E-state index contributed by atoms with van der Waals surface area (Å²) in [7, 11) is 5.59.